The Morgan fingerprint density at radius 1 is 0.537 bits per heavy atom. The number of esters is 2. The van der Waals surface area contributed by atoms with Gasteiger partial charge in [-0.3, -0.25) is 18.6 Å². The van der Waals surface area contributed by atoms with Gasteiger partial charge in [0.05, 0.1) is 19.8 Å². The summed E-state index contributed by atoms with van der Waals surface area (Å²) in [4.78, 5) is 34.9. The largest absolute Gasteiger partial charge is 0.472 e. The van der Waals surface area contributed by atoms with E-state index in [1.807, 2.05) is 0 Å². The summed E-state index contributed by atoms with van der Waals surface area (Å²) < 4.78 is 32.7. The van der Waals surface area contributed by atoms with Gasteiger partial charge in [-0.2, -0.15) is 0 Å². The number of phosphoric ester groups is 1. The molecule has 3 unspecified atom stereocenters. The van der Waals surface area contributed by atoms with Crippen LogP contribution in [-0.4, -0.2) is 65.7 Å². The predicted molar refractivity (Wildman–Crippen MR) is 219 cm³/mol. The first-order chi connectivity index (χ1) is 26.2. The molecule has 0 saturated heterocycles. The number of aliphatic hydroxyl groups excluding tert-OH is 2. The first-order valence-corrected chi connectivity index (χ1v) is 23.3. The van der Waals surface area contributed by atoms with Gasteiger partial charge in [-0.25, -0.2) is 4.57 Å². The predicted octanol–water partition coefficient (Wildman–Crippen LogP) is 11.4. The van der Waals surface area contributed by atoms with E-state index < -0.39 is 51.8 Å². The van der Waals surface area contributed by atoms with Crippen molar-refractivity contribution < 1.29 is 47.8 Å². The van der Waals surface area contributed by atoms with Gasteiger partial charge >= 0.3 is 19.8 Å². The molecule has 0 fully saturated rings. The molecule has 0 aliphatic heterocycles. The topological polar surface area (TPSA) is 149 Å². The van der Waals surface area contributed by atoms with Crippen molar-refractivity contribution in [2.75, 3.05) is 26.4 Å². The van der Waals surface area contributed by atoms with Gasteiger partial charge in [0.15, 0.2) is 6.10 Å². The maximum atomic E-state index is 12.6. The second-order valence-electron chi connectivity index (χ2n) is 14.7. The van der Waals surface area contributed by atoms with E-state index in [4.69, 9.17) is 19.1 Å². The van der Waals surface area contributed by atoms with Crippen molar-refractivity contribution in [1.82, 2.24) is 0 Å². The first kappa shape index (κ1) is 52.5. The molecular formula is C43H81O10P. The van der Waals surface area contributed by atoms with Crippen LogP contribution in [0.1, 0.15) is 200 Å². The molecule has 0 aromatic rings. The Morgan fingerprint density at radius 2 is 0.907 bits per heavy atom. The average Bonchev–Trinajstić information content (AvgIpc) is 3.16. The number of carbonyl (C=O) groups excluding carboxylic acids is 2. The van der Waals surface area contributed by atoms with Gasteiger partial charge in [-0.1, -0.05) is 147 Å². The van der Waals surface area contributed by atoms with E-state index in [1.165, 1.54) is 96.3 Å². The summed E-state index contributed by atoms with van der Waals surface area (Å²) in [5, 5.41) is 18.3. The van der Waals surface area contributed by atoms with Gasteiger partial charge in [0.1, 0.15) is 12.7 Å². The Bertz CT molecular complexity index is 957. The maximum Gasteiger partial charge on any atom is 0.472 e. The van der Waals surface area contributed by atoms with Gasteiger partial charge in [-0.05, 0) is 64.2 Å². The lowest BCUT2D eigenvalue weighted by Gasteiger charge is -2.20. The smallest absolute Gasteiger partial charge is 0.462 e. The van der Waals surface area contributed by atoms with Crippen LogP contribution in [0.2, 0.25) is 0 Å². The second-order valence-corrected chi connectivity index (χ2v) is 16.2. The first-order valence-electron chi connectivity index (χ1n) is 21.8. The minimum Gasteiger partial charge on any atom is -0.462 e. The molecule has 0 bridgehead atoms. The lowest BCUT2D eigenvalue weighted by molar-refractivity contribution is -0.161. The van der Waals surface area contributed by atoms with E-state index in [1.54, 1.807) is 0 Å². The van der Waals surface area contributed by atoms with Gasteiger partial charge in [-0.15, -0.1) is 0 Å². The van der Waals surface area contributed by atoms with Crippen molar-refractivity contribution in [3.8, 4) is 0 Å². The van der Waals surface area contributed by atoms with Crippen molar-refractivity contribution in [2.45, 2.75) is 212 Å². The molecule has 318 valence electrons. The monoisotopic (exact) mass is 789 g/mol. The third-order valence-electron chi connectivity index (χ3n) is 9.33. The van der Waals surface area contributed by atoms with E-state index in [2.05, 4.69) is 42.7 Å². The molecular weight excluding hydrogens is 707 g/mol. The number of carbonyl (C=O) groups is 2. The van der Waals surface area contributed by atoms with E-state index in [0.29, 0.717) is 12.8 Å². The Kier molecular flexibility index (Phi) is 38.5. The Balaban J connectivity index is 4.29. The molecule has 0 aromatic heterocycles. The van der Waals surface area contributed by atoms with Crippen LogP contribution in [0.15, 0.2) is 24.3 Å². The highest BCUT2D eigenvalue weighted by molar-refractivity contribution is 7.47. The zero-order valence-electron chi connectivity index (χ0n) is 34.4. The summed E-state index contributed by atoms with van der Waals surface area (Å²) in [7, 11) is -4.62. The van der Waals surface area contributed by atoms with Gasteiger partial charge in [0.2, 0.25) is 0 Å². The molecule has 0 amide bonds. The zero-order chi connectivity index (χ0) is 39.8. The van der Waals surface area contributed by atoms with Crippen LogP contribution in [0.4, 0.5) is 0 Å². The number of hydrogen-bond acceptors (Lipinski definition) is 9. The Morgan fingerprint density at radius 3 is 1.35 bits per heavy atom. The van der Waals surface area contributed by atoms with E-state index in [-0.39, 0.29) is 19.4 Å². The van der Waals surface area contributed by atoms with Gasteiger partial charge in [0, 0.05) is 12.8 Å². The summed E-state index contributed by atoms with van der Waals surface area (Å²) >= 11 is 0. The number of rotatable bonds is 41. The standard InChI is InChI=1S/C43H81O10P/c1-3-5-7-9-11-13-15-17-18-19-20-21-23-25-27-29-31-33-35-43(47)53-41(39-52-54(48,49)51-37-40(45)36-44)38-50-42(46)34-32-30-28-26-24-22-16-14-12-10-8-6-4-2/h14,16,18-19,40-41,44-45H,3-13,15,17,20-39H2,1-2H3,(H,48,49)/b16-14-,19-18-. The summed E-state index contributed by atoms with van der Waals surface area (Å²) in [5.41, 5.74) is 0. The quantitative estimate of drug-likeness (QED) is 0.0236. The molecule has 3 N–H and O–H groups in total. The van der Waals surface area contributed by atoms with Crippen LogP contribution in [-0.2, 0) is 32.7 Å². The fourth-order valence-corrected chi connectivity index (χ4v) is 6.71. The van der Waals surface area contributed by atoms with Crippen molar-refractivity contribution >= 4 is 19.8 Å². The van der Waals surface area contributed by atoms with Gasteiger partial charge in [0.25, 0.3) is 0 Å². The lowest BCUT2D eigenvalue weighted by atomic mass is 10.1. The molecule has 0 spiro atoms. The van der Waals surface area contributed by atoms with Crippen molar-refractivity contribution in [2.24, 2.45) is 0 Å². The van der Waals surface area contributed by atoms with Crippen molar-refractivity contribution in [3.05, 3.63) is 24.3 Å². The van der Waals surface area contributed by atoms with Crippen LogP contribution in [0, 0.1) is 0 Å². The molecule has 0 saturated carbocycles. The lowest BCUT2D eigenvalue weighted by Crippen LogP contribution is -2.29. The third kappa shape index (κ3) is 38.7. The summed E-state index contributed by atoms with van der Waals surface area (Å²) in [5.74, 6) is -0.935. The number of aliphatic hydroxyl groups is 2. The van der Waals surface area contributed by atoms with Crippen LogP contribution in [0.3, 0.4) is 0 Å². The number of allylic oxidation sites excluding steroid dienone is 4. The van der Waals surface area contributed by atoms with Crippen molar-refractivity contribution in [1.29, 1.82) is 0 Å². The van der Waals surface area contributed by atoms with Crippen LogP contribution in [0.25, 0.3) is 0 Å². The molecule has 54 heavy (non-hydrogen) atoms. The fourth-order valence-electron chi connectivity index (χ4n) is 5.92. The molecule has 0 rings (SSSR count). The van der Waals surface area contributed by atoms with Crippen molar-refractivity contribution in [3.63, 3.8) is 0 Å². The van der Waals surface area contributed by atoms with E-state index >= 15 is 0 Å². The number of unbranched alkanes of at least 4 members (excludes halogenated alkanes) is 23. The Hall–Kier alpha value is -1.55. The molecule has 11 heteroatoms. The highest BCUT2D eigenvalue weighted by atomic mass is 31.2. The fraction of sp³-hybridized carbons (Fsp3) is 0.860. The minimum atomic E-state index is -4.62. The van der Waals surface area contributed by atoms with E-state index in [0.717, 1.165) is 64.2 Å². The molecule has 0 aromatic carbocycles. The summed E-state index contributed by atoms with van der Waals surface area (Å²) in [6.45, 7) is 2.36. The average molecular weight is 789 g/mol. The third-order valence-corrected chi connectivity index (χ3v) is 10.3. The Labute approximate surface area is 329 Å². The second kappa shape index (κ2) is 39.7. The molecule has 0 aliphatic carbocycles. The minimum absolute atomic E-state index is 0.179. The highest BCUT2D eigenvalue weighted by Crippen LogP contribution is 2.43. The zero-order valence-corrected chi connectivity index (χ0v) is 35.3. The normalized spacial score (nSPS) is 14.1. The molecule has 10 nitrogen and oxygen atoms in total. The van der Waals surface area contributed by atoms with Crippen LogP contribution >= 0.6 is 7.82 Å². The number of phosphoric acid groups is 1. The molecule has 0 heterocycles. The SMILES string of the molecule is CCCCCC/C=C\CCCCCCCC(=O)OCC(COP(=O)(O)OCC(O)CO)OC(=O)CCCCCCCCC/C=C\CCCCCCCCC. The van der Waals surface area contributed by atoms with Crippen LogP contribution in [0.5, 0.6) is 0 Å². The molecule has 3 atom stereocenters. The van der Waals surface area contributed by atoms with Crippen LogP contribution < -0.4 is 0 Å². The number of ether oxygens (including phenoxy) is 2. The molecule has 0 aliphatic rings. The van der Waals surface area contributed by atoms with Gasteiger partial charge < -0.3 is 24.6 Å². The summed E-state index contributed by atoms with van der Waals surface area (Å²) in [6, 6.07) is 0. The van der Waals surface area contributed by atoms with E-state index in [9.17, 15) is 24.2 Å². The molecule has 0 radical (unpaired) electrons. The summed E-state index contributed by atoms with van der Waals surface area (Å²) in [6.07, 6.45) is 38.5. The highest BCUT2D eigenvalue weighted by Gasteiger charge is 2.27. The maximum absolute atomic E-state index is 12.6. The number of hydrogen-bond donors (Lipinski definition) is 3.